The van der Waals surface area contributed by atoms with Gasteiger partial charge in [-0.2, -0.15) is 0 Å². The van der Waals surface area contributed by atoms with E-state index in [1.165, 1.54) is 36.0 Å². The average molecular weight is 323 g/mol. The van der Waals surface area contributed by atoms with E-state index in [4.69, 9.17) is 4.74 Å². The standard InChI is InChI=1S/C17H23BrO/c1-12-3-4-14(9-13(12)2)10-17(11-18)7-8-19-16(17)15-5-6-15/h3-4,9,15-16H,5-8,10-11H2,1-2H3. The molecule has 1 aromatic carbocycles. The molecule has 0 amide bonds. The summed E-state index contributed by atoms with van der Waals surface area (Å²) in [7, 11) is 0. The van der Waals surface area contributed by atoms with Crippen LogP contribution < -0.4 is 0 Å². The molecule has 1 aliphatic heterocycles. The molecule has 0 bridgehead atoms. The largest absolute Gasteiger partial charge is 0.377 e. The van der Waals surface area contributed by atoms with Gasteiger partial charge in [0.15, 0.2) is 0 Å². The van der Waals surface area contributed by atoms with E-state index in [-0.39, 0.29) is 0 Å². The number of alkyl halides is 1. The van der Waals surface area contributed by atoms with Gasteiger partial charge in [0.25, 0.3) is 0 Å². The molecular weight excluding hydrogens is 300 g/mol. The van der Waals surface area contributed by atoms with Crippen LogP contribution >= 0.6 is 15.9 Å². The van der Waals surface area contributed by atoms with E-state index >= 15 is 0 Å². The molecule has 1 aromatic rings. The highest BCUT2D eigenvalue weighted by molar-refractivity contribution is 9.09. The Bertz CT molecular complexity index is 466. The summed E-state index contributed by atoms with van der Waals surface area (Å²) in [4.78, 5) is 0. The minimum atomic E-state index is 0.322. The molecule has 19 heavy (non-hydrogen) atoms. The molecule has 3 rings (SSSR count). The Balaban J connectivity index is 1.83. The van der Waals surface area contributed by atoms with Crippen molar-refractivity contribution in [3.05, 3.63) is 34.9 Å². The Hall–Kier alpha value is -0.340. The van der Waals surface area contributed by atoms with Crippen LogP contribution in [0.1, 0.15) is 36.0 Å². The van der Waals surface area contributed by atoms with Gasteiger partial charge in [0.2, 0.25) is 0 Å². The Kier molecular flexibility index (Phi) is 3.74. The fourth-order valence-corrected chi connectivity index (χ4v) is 4.24. The van der Waals surface area contributed by atoms with Crippen LogP contribution in [0, 0.1) is 25.2 Å². The lowest BCUT2D eigenvalue weighted by Gasteiger charge is -2.33. The summed E-state index contributed by atoms with van der Waals surface area (Å²) in [5.74, 6) is 0.826. The maximum absolute atomic E-state index is 6.08. The molecule has 1 nitrogen and oxygen atoms in total. The van der Waals surface area contributed by atoms with Crippen LogP contribution in [0.3, 0.4) is 0 Å². The van der Waals surface area contributed by atoms with Crippen LogP contribution in [0.25, 0.3) is 0 Å². The topological polar surface area (TPSA) is 9.23 Å². The van der Waals surface area contributed by atoms with Crippen molar-refractivity contribution < 1.29 is 4.74 Å². The first-order chi connectivity index (χ1) is 9.14. The highest BCUT2D eigenvalue weighted by Gasteiger charge is 2.50. The zero-order chi connectivity index (χ0) is 13.5. The van der Waals surface area contributed by atoms with Crippen LogP contribution in [0.5, 0.6) is 0 Å². The normalized spacial score (nSPS) is 30.8. The molecule has 1 saturated heterocycles. The van der Waals surface area contributed by atoms with Gasteiger partial charge in [-0.15, -0.1) is 0 Å². The lowest BCUT2D eigenvalue weighted by atomic mass is 9.75. The lowest BCUT2D eigenvalue weighted by Crippen LogP contribution is -2.36. The number of ether oxygens (including phenoxy) is 1. The van der Waals surface area contributed by atoms with E-state index in [0.717, 1.165) is 24.3 Å². The first kappa shape index (κ1) is 13.6. The van der Waals surface area contributed by atoms with Crippen molar-refractivity contribution >= 4 is 15.9 Å². The zero-order valence-corrected chi connectivity index (χ0v) is 13.5. The smallest absolute Gasteiger partial charge is 0.0671 e. The zero-order valence-electron chi connectivity index (χ0n) is 11.9. The van der Waals surface area contributed by atoms with Crippen molar-refractivity contribution in [1.82, 2.24) is 0 Å². The predicted octanol–water partition coefficient (Wildman–Crippen LogP) is 4.43. The van der Waals surface area contributed by atoms with Gasteiger partial charge in [0.1, 0.15) is 0 Å². The van der Waals surface area contributed by atoms with Crippen LogP contribution in [0.15, 0.2) is 18.2 Å². The number of aryl methyl sites for hydroxylation is 2. The monoisotopic (exact) mass is 322 g/mol. The minimum Gasteiger partial charge on any atom is -0.377 e. The molecular formula is C17H23BrO. The molecule has 0 N–H and O–H groups in total. The van der Waals surface area contributed by atoms with Gasteiger partial charge < -0.3 is 4.74 Å². The summed E-state index contributed by atoms with van der Waals surface area (Å²) >= 11 is 3.78. The van der Waals surface area contributed by atoms with Crippen LogP contribution in [0.2, 0.25) is 0 Å². The summed E-state index contributed by atoms with van der Waals surface area (Å²) in [5, 5.41) is 1.06. The highest BCUT2D eigenvalue weighted by atomic mass is 79.9. The molecule has 104 valence electrons. The van der Waals surface area contributed by atoms with Crippen molar-refractivity contribution in [2.24, 2.45) is 11.3 Å². The van der Waals surface area contributed by atoms with Gasteiger partial charge in [-0.25, -0.2) is 0 Å². The van der Waals surface area contributed by atoms with Crippen molar-refractivity contribution in [3.63, 3.8) is 0 Å². The predicted molar refractivity (Wildman–Crippen MR) is 82.9 cm³/mol. The van der Waals surface area contributed by atoms with Gasteiger partial charge in [0.05, 0.1) is 6.10 Å². The van der Waals surface area contributed by atoms with Gasteiger partial charge in [-0.1, -0.05) is 34.1 Å². The molecule has 0 spiro atoms. The number of rotatable bonds is 4. The Morgan fingerprint density at radius 3 is 2.68 bits per heavy atom. The van der Waals surface area contributed by atoms with Gasteiger partial charge in [-0.05, 0) is 62.1 Å². The Morgan fingerprint density at radius 2 is 2.05 bits per heavy atom. The van der Waals surface area contributed by atoms with Crippen molar-refractivity contribution in [2.45, 2.75) is 45.6 Å². The van der Waals surface area contributed by atoms with E-state index < -0.39 is 0 Å². The average Bonchev–Trinajstić information content (AvgIpc) is 3.16. The Labute approximate surface area is 124 Å². The second kappa shape index (κ2) is 5.21. The molecule has 2 atom stereocenters. The molecule has 0 radical (unpaired) electrons. The summed E-state index contributed by atoms with van der Waals surface area (Å²) in [6.45, 7) is 5.34. The fraction of sp³-hybridized carbons (Fsp3) is 0.647. The van der Waals surface area contributed by atoms with Gasteiger partial charge >= 0.3 is 0 Å². The van der Waals surface area contributed by atoms with Crippen molar-refractivity contribution in [1.29, 1.82) is 0 Å². The summed E-state index contributed by atoms with van der Waals surface area (Å²) in [6.07, 6.45) is 5.57. The second-order valence-electron chi connectivity index (χ2n) is 6.47. The molecule has 2 aliphatic rings. The third kappa shape index (κ3) is 2.62. The number of benzene rings is 1. The van der Waals surface area contributed by atoms with Crippen molar-refractivity contribution in [2.75, 3.05) is 11.9 Å². The molecule has 2 unspecified atom stereocenters. The number of hydrogen-bond donors (Lipinski definition) is 0. The quantitative estimate of drug-likeness (QED) is 0.745. The van der Waals surface area contributed by atoms with E-state index in [9.17, 15) is 0 Å². The SMILES string of the molecule is Cc1ccc(CC2(CBr)CCOC2C2CC2)cc1C. The van der Waals surface area contributed by atoms with Crippen molar-refractivity contribution in [3.8, 4) is 0 Å². The maximum Gasteiger partial charge on any atom is 0.0671 e. The first-order valence-corrected chi connectivity index (χ1v) is 8.50. The molecule has 0 aromatic heterocycles. The molecule has 1 saturated carbocycles. The summed E-state index contributed by atoms with van der Waals surface area (Å²) in [6, 6.07) is 6.92. The molecule has 1 heterocycles. The number of hydrogen-bond acceptors (Lipinski definition) is 1. The molecule has 2 heteroatoms. The van der Waals surface area contributed by atoms with E-state index in [1.807, 2.05) is 0 Å². The summed E-state index contributed by atoms with van der Waals surface area (Å²) < 4.78 is 6.08. The third-order valence-corrected chi connectivity index (χ3v) is 6.06. The van der Waals surface area contributed by atoms with Gasteiger partial charge in [-0.3, -0.25) is 0 Å². The van der Waals surface area contributed by atoms with Crippen LogP contribution in [0.4, 0.5) is 0 Å². The Morgan fingerprint density at radius 1 is 1.26 bits per heavy atom. The van der Waals surface area contributed by atoms with E-state index in [2.05, 4.69) is 48.0 Å². The molecule has 2 fully saturated rings. The second-order valence-corrected chi connectivity index (χ2v) is 7.03. The minimum absolute atomic E-state index is 0.322. The van der Waals surface area contributed by atoms with E-state index in [1.54, 1.807) is 0 Å². The van der Waals surface area contributed by atoms with Crippen LogP contribution in [-0.2, 0) is 11.2 Å². The van der Waals surface area contributed by atoms with Crippen LogP contribution in [-0.4, -0.2) is 18.0 Å². The first-order valence-electron chi connectivity index (χ1n) is 7.38. The molecule has 1 aliphatic carbocycles. The maximum atomic E-state index is 6.08. The highest BCUT2D eigenvalue weighted by Crippen LogP contribution is 2.50. The summed E-state index contributed by atoms with van der Waals surface area (Å²) in [5.41, 5.74) is 4.59. The lowest BCUT2D eigenvalue weighted by molar-refractivity contribution is 0.0413. The third-order valence-electron chi connectivity index (χ3n) is 4.94. The number of halogens is 1. The van der Waals surface area contributed by atoms with Gasteiger partial charge in [0, 0.05) is 17.4 Å². The fourth-order valence-electron chi connectivity index (χ4n) is 3.44. The van der Waals surface area contributed by atoms with E-state index in [0.29, 0.717) is 11.5 Å².